The Hall–Kier alpha value is -2.68. The molecule has 1 aromatic carbocycles. The molecule has 0 bridgehead atoms. The van der Waals surface area contributed by atoms with Crippen LogP contribution in [0.25, 0.3) is 12.2 Å². The minimum atomic E-state index is -0.0851. The maximum atomic E-state index is 12.1. The molecule has 0 radical (unpaired) electrons. The van der Waals surface area contributed by atoms with E-state index in [4.69, 9.17) is 0 Å². The van der Waals surface area contributed by atoms with Crippen molar-refractivity contribution in [2.24, 2.45) is 0 Å². The molecule has 0 amide bonds. The second-order valence-corrected chi connectivity index (χ2v) is 4.53. The van der Waals surface area contributed by atoms with Crippen LogP contribution < -0.4 is 0 Å². The van der Waals surface area contributed by atoms with Gasteiger partial charge < -0.3 is 0 Å². The summed E-state index contributed by atoms with van der Waals surface area (Å²) in [5.41, 5.74) is 2.58. The van der Waals surface area contributed by atoms with Crippen LogP contribution in [-0.4, -0.2) is 15.7 Å². The van der Waals surface area contributed by atoms with Gasteiger partial charge in [0.15, 0.2) is 0 Å². The molecule has 0 aliphatic heterocycles. The van der Waals surface area contributed by atoms with E-state index in [-0.39, 0.29) is 5.91 Å². The summed E-state index contributed by atoms with van der Waals surface area (Å²) < 4.78 is 1.38. The highest BCUT2D eigenvalue weighted by Gasteiger charge is 2.11. The molecule has 98 valence electrons. The van der Waals surface area contributed by atoms with Crippen molar-refractivity contribution in [2.45, 2.75) is 6.42 Å². The third kappa shape index (κ3) is 2.67. The minimum absolute atomic E-state index is 0.0851. The zero-order valence-corrected chi connectivity index (χ0v) is 10.9. The van der Waals surface area contributed by atoms with Crippen molar-refractivity contribution in [1.82, 2.24) is 9.78 Å². The molecule has 1 heterocycles. The smallest absolute Gasteiger partial charge is 0.267 e. The van der Waals surface area contributed by atoms with E-state index in [9.17, 15) is 4.79 Å². The van der Waals surface area contributed by atoms with E-state index in [1.807, 2.05) is 66.8 Å². The molecule has 0 saturated carbocycles. The maximum absolute atomic E-state index is 12.1. The maximum Gasteiger partial charge on any atom is 0.277 e. The van der Waals surface area contributed by atoms with Crippen molar-refractivity contribution in [3.05, 3.63) is 77.7 Å². The van der Waals surface area contributed by atoms with Gasteiger partial charge in [-0.1, -0.05) is 54.6 Å². The highest BCUT2D eigenvalue weighted by Crippen LogP contribution is 2.12. The molecule has 0 saturated heterocycles. The van der Waals surface area contributed by atoms with Gasteiger partial charge >= 0.3 is 0 Å². The van der Waals surface area contributed by atoms with Crippen LogP contribution in [0.5, 0.6) is 0 Å². The van der Waals surface area contributed by atoms with Gasteiger partial charge in [-0.3, -0.25) is 4.79 Å². The lowest BCUT2D eigenvalue weighted by molar-refractivity contribution is 0.0944. The number of allylic oxidation sites excluding steroid dienone is 4. The van der Waals surface area contributed by atoms with Crippen molar-refractivity contribution in [1.29, 1.82) is 0 Å². The van der Waals surface area contributed by atoms with Gasteiger partial charge in [0.1, 0.15) is 0 Å². The van der Waals surface area contributed by atoms with Crippen LogP contribution in [0.2, 0.25) is 0 Å². The van der Waals surface area contributed by atoms with Gasteiger partial charge in [0.05, 0.1) is 5.69 Å². The van der Waals surface area contributed by atoms with Gasteiger partial charge in [-0.2, -0.15) is 5.10 Å². The lowest BCUT2D eigenvalue weighted by atomic mass is 10.2. The van der Waals surface area contributed by atoms with Gasteiger partial charge in [-0.05, 0) is 24.1 Å². The first kappa shape index (κ1) is 12.4. The molecule has 20 heavy (non-hydrogen) atoms. The second-order valence-electron chi connectivity index (χ2n) is 4.53. The Kier molecular flexibility index (Phi) is 3.42. The predicted molar refractivity (Wildman–Crippen MR) is 80.1 cm³/mol. The lowest BCUT2D eigenvalue weighted by Gasteiger charge is -1.98. The largest absolute Gasteiger partial charge is 0.277 e. The molecule has 0 fully saturated rings. The van der Waals surface area contributed by atoms with Gasteiger partial charge in [-0.15, -0.1) is 0 Å². The molecule has 1 aliphatic rings. The molecule has 0 unspecified atom stereocenters. The van der Waals surface area contributed by atoms with Crippen LogP contribution in [0.1, 0.15) is 22.5 Å². The predicted octanol–water partition coefficient (Wildman–Crippen LogP) is 3.58. The zero-order chi connectivity index (χ0) is 13.8. The van der Waals surface area contributed by atoms with Gasteiger partial charge in [-0.25, -0.2) is 4.68 Å². The van der Waals surface area contributed by atoms with Crippen molar-refractivity contribution in [3.8, 4) is 0 Å². The van der Waals surface area contributed by atoms with E-state index in [0.717, 1.165) is 17.7 Å². The normalized spacial score (nSPS) is 13.9. The number of rotatable bonds is 3. The Morgan fingerprint density at radius 2 is 2.00 bits per heavy atom. The quantitative estimate of drug-likeness (QED) is 0.847. The first-order chi connectivity index (χ1) is 9.83. The standard InChI is InChI=1S/C17H14N2O/c20-17(15-8-4-5-9-15)19-13-12-16(18-19)11-10-14-6-2-1-3-7-14/h1-4,6-13H,5H2. The molecule has 2 aromatic rings. The van der Waals surface area contributed by atoms with Crippen molar-refractivity contribution in [2.75, 3.05) is 0 Å². The summed E-state index contributed by atoms with van der Waals surface area (Å²) in [5.74, 6) is -0.0851. The topological polar surface area (TPSA) is 34.9 Å². The van der Waals surface area contributed by atoms with Crippen LogP contribution in [0, 0.1) is 0 Å². The lowest BCUT2D eigenvalue weighted by Crippen LogP contribution is -2.12. The van der Waals surface area contributed by atoms with Crippen LogP contribution in [0.4, 0.5) is 0 Å². The molecule has 1 aliphatic carbocycles. The highest BCUT2D eigenvalue weighted by molar-refractivity contribution is 5.98. The molecule has 3 rings (SSSR count). The molecule has 3 heteroatoms. The van der Waals surface area contributed by atoms with Crippen LogP contribution in [0.3, 0.4) is 0 Å². The van der Waals surface area contributed by atoms with Crippen LogP contribution >= 0.6 is 0 Å². The van der Waals surface area contributed by atoms with E-state index in [1.54, 1.807) is 6.20 Å². The summed E-state index contributed by atoms with van der Waals surface area (Å²) in [6.07, 6.45) is 12.1. The summed E-state index contributed by atoms with van der Waals surface area (Å²) in [6.45, 7) is 0. The zero-order valence-electron chi connectivity index (χ0n) is 10.9. The summed E-state index contributed by atoms with van der Waals surface area (Å²) in [4.78, 5) is 12.1. The SMILES string of the molecule is O=C(C1=CCC=C1)n1ccc(C=Cc2ccccc2)n1. The van der Waals surface area contributed by atoms with E-state index in [2.05, 4.69) is 5.10 Å². The Morgan fingerprint density at radius 1 is 1.15 bits per heavy atom. The van der Waals surface area contributed by atoms with E-state index < -0.39 is 0 Å². The van der Waals surface area contributed by atoms with Crippen molar-refractivity contribution >= 4 is 18.1 Å². The first-order valence-electron chi connectivity index (χ1n) is 6.53. The highest BCUT2D eigenvalue weighted by atomic mass is 16.2. The molecule has 1 aromatic heterocycles. The number of nitrogens with zero attached hydrogens (tertiary/aromatic N) is 2. The molecule has 0 atom stereocenters. The molecule has 0 spiro atoms. The van der Waals surface area contributed by atoms with Crippen LogP contribution in [-0.2, 0) is 0 Å². The van der Waals surface area contributed by atoms with Crippen molar-refractivity contribution in [3.63, 3.8) is 0 Å². The third-order valence-corrected chi connectivity index (χ3v) is 3.08. The van der Waals surface area contributed by atoms with E-state index >= 15 is 0 Å². The first-order valence-corrected chi connectivity index (χ1v) is 6.53. The number of aromatic nitrogens is 2. The summed E-state index contributed by atoms with van der Waals surface area (Å²) in [5, 5.41) is 4.28. The monoisotopic (exact) mass is 262 g/mol. The van der Waals surface area contributed by atoms with Crippen molar-refractivity contribution < 1.29 is 4.79 Å². The Bertz CT molecular complexity index is 706. The van der Waals surface area contributed by atoms with Gasteiger partial charge in [0, 0.05) is 11.8 Å². The van der Waals surface area contributed by atoms with E-state index in [0.29, 0.717) is 5.57 Å². The molecular weight excluding hydrogens is 248 g/mol. The number of carbonyl (C=O) groups is 1. The Labute approximate surface area is 117 Å². The summed E-state index contributed by atoms with van der Waals surface area (Å²) in [7, 11) is 0. The Morgan fingerprint density at radius 3 is 2.75 bits per heavy atom. The average Bonchev–Trinajstić information content (AvgIpc) is 3.17. The number of benzene rings is 1. The number of hydrogen-bond donors (Lipinski definition) is 0. The third-order valence-electron chi connectivity index (χ3n) is 3.08. The number of carbonyl (C=O) groups excluding carboxylic acids is 1. The van der Waals surface area contributed by atoms with Gasteiger partial charge in [0.25, 0.3) is 5.91 Å². The second kappa shape index (κ2) is 5.53. The fourth-order valence-electron chi connectivity index (χ4n) is 2.03. The summed E-state index contributed by atoms with van der Waals surface area (Å²) >= 11 is 0. The summed E-state index contributed by atoms with van der Waals surface area (Å²) in [6, 6.07) is 11.8. The number of hydrogen-bond acceptors (Lipinski definition) is 2. The van der Waals surface area contributed by atoms with Gasteiger partial charge in [0.2, 0.25) is 0 Å². The van der Waals surface area contributed by atoms with E-state index in [1.165, 1.54) is 4.68 Å². The fraction of sp³-hybridized carbons (Fsp3) is 0.0588. The Balaban J connectivity index is 1.75. The molecular formula is C17H14N2O. The minimum Gasteiger partial charge on any atom is -0.267 e. The fourth-order valence-corrected chi connectivity index (χ4v) is 2.03. The molecule has 3 nitrogen and oxygen atoms in total. The molecule has 0 N–H and O–H groups in total. The van der Waals surface area contributed by atoms with Crippen LogP contribution in [0.15, 0.2) is 66.4 Å². The average molecular weight is 262 g/mol.